The van der Waals surface area contributed by atoms with E-state index in [0.29, 0.717) is 11.3 Å². The van der Waals surface area contributed by atoms with Gasteiger partial charge in [0.25, 0.3) is 0 Å². The largest absolute Gasteiger partial charge is 0.481 e. The van der Waals surface area contributed by atoms with Crippen LogP contribution in [-0.2, 0) is 4.74 Å². The molecule has 118 valence electrons. The molecule has 0 heterocycles. The number of nitrogens with one attached hydrogen (secondary N) is 2. The standard InChI is InChI=1S/C16H20N2O4/c1-16(2,3)22-15(20)18-14(17)12-6-8-13(9-7-12)21-11-5-4-10-19/h6-9,19H,10-11H2,1-3H3,(H2,17,18,20). The molecular weight excluding hydrogens is 284 g/mol. The maximum atomic E-state index is 11.6. The summed E-state index contributed by atoms with van der Waals surface area (Å²) in [6.07, 6.45) is -0.669. The van der Waals surface area contributed by atoms with Crippen LogP contribution in [0, 0.1) is 17.3 Å². The number of aliphatic hydroxyl groups excluding tert-OH is 1. The molecule has 1 rings (SSSR count). The summed E-state index contributed by atoms with van der Waals surface area (Å²) >= 11 is 0. The van der Waals surface area contributed by atoms with Gasteiger partial charge in [-0.3, -0.25) is 10.7 Å². The predicted octanol–water partition coefficient (Wildman–Crippen LogP) is 1.91. The molecule has 1 amide bonds. The van der Waals surface area contributed by atoms with E-state index in [0.717, 1.165) is 0 Å². The van der Waals surface area contributed by atoms with Gasteiger partial charge in [-0.2, -0.15) is 0 Å². The normalized spacial score (nSPS) is 10.2. The van der Waals surface area contributed by atoms with Crippen LogP contribution in [0.1, 0.15) is 26.3 Å². The summed E-state index contributed by atoms with van der Waals surface area (Å²) in [5, 5.41) is 18.7. The first-order chi connectivity index (χ1) is 10.3. The number of alkyl carbamates (subject to hydrolysis) is 1. The molecule has 0 unspecified atom stereocenters. The third kappa shape index (κ3) is 6.77. The minimum atomic E-state index is -0.669. The average molecular weight is 304 g/mol. The third-order valence-corrected chi connectivity index (χ3v) is 2.28. The SMILES string of the molecule is CC(C)(C)OC(=O)NC(=N)c1ccc(OCC#CCO)cc1. The van der Waals surface area contributed by atoms with Crippen molar-refractivity contribution in [1.82, 2.24) is 5.32 Å². The van der Waals surface area contributed by atoms with Gasteiger partial charge >= 0.3 is 6.09 Å². The van der Waals surface area contributed by atoms with Gasteiger partial charge in [0.1, 0.15) is 30.4 Å². The molecule has 0 bridgehead atoms. The highest BCUT2D eigenvalue weighted by atomic mass is 16.6. The molecule has 6 heteroatoms. The summed E-state index contributed by atoms with van der Waals surface area (Å²) in [4.78, 5) is 11.6. The smallest absolute Gasteiger partial charge is 0.413 e. The summed E-state index contributed by atoms with van der Waals surface area (Å²) < 4.78 is 10.4. The quantitative estimate of drug-likeness (QED) is 0.452. The fourth-order valence-electron chi connectivity index (χ4n) is 1.42. The van der Waals surface area contributed by atoms with E-state index < -0.39 is 11.7 Å². The van der Waals surface area contributed by atoms with Crippen LogP contribution in [0.25, 0.3) is 0 Å². The number of hydrogen-bond acceptors (Lipinski definition) is 5. The van der Waals surface area contributed by atoms with Crippen LogP contribution in [0.4, 0.5) is 4.79 Å². The molecule has 0 saturated carbocycles. The maximum Gasteiger partial charge on any atom is 0.413 e. The van der Waals surface area contributed by atoms with Crippen LogP contribution in [-0.4, -0.2) is 35.9 Å². The summed E-state index contributed by atoms with van der Waals surface area (Å²) in [5.74, 6) is 5.63. The van der Waals surface area contributed by atoms with Gasteiger partial charge in [-0.25, -0.2) is 4.79 Å². The Morgan fingerprint density at radius 3 is 2.45 bits per heavy atom. The number of carbonyl (C=O) groups is 1. The topological polar surface area (TPSA) is 91.6 Å². The molecule has 0 atom stereocenters. The summed E-state index contributed by atoms with van der Waals surface area (Å²) in [7, 11) is 0. The first-order valence-corrected chi connectivity index (χ1v) is 6.70. The van der Waals surface area contributed by atoms with E-state index in [-0.39, 0.29) is 19.0 Å². The van der Waals surface area contributed by atoms with Crippen LogP contribution >= 0.6 is 0 Å². The zero-order valence-corrected chi connectivity index (χ0v) is 12.9. The van der Waals surface area contributed by atoms with Gasteiger partial charge in [0, 0.05) is 5.56 Å². The molecule has 0 aromatic heterocycles. The molecule has 0 spiro atoms. The zero-order valence-electron chi connectivity index (χ0n) is 12.9. The Morgan fingerprint density at radius 1 is 1.27 bits per heavy atom. The Morgan fingerprint density at radius 2 is 1.91 bits per heavy atom. The molecule has 1 aromatic carbocycles. The molecule has 0 saturated heterocycles. The van der Waals surface area contributed by atoms with E-state index in [9.17, 15) is 4.79 Å². The molecule has 0 aliphatic heterocycles. The molecule has 0 aliphatic rings. The zero-order chi connectivity index (χ0) is 16.6. The van der Waals surface area contributed by atoms with Crippen LogP contribution in [0.3, 0.4) is 0 Å². The van der Waals surface area contributed by atoms with Crippen LogP contribution in [0.2, 0.25) is 0 Å². The van der Waals surface area contributed by atoms with E-state index in [2.05, 4.69) is 17.2 Å². The van der Waals surface area contributed by atoms with Crippen molar-refractivity contribution in [3.8, 4) is 17.6 Å². The van der Waals surface area contributed by atoms with Crippen molar-refractivity contribution in [1.29, 1.82) is 5.41 Å². The van der Waals surface area contributed by atoms with Gasteiger partial charge < -0.3 is 14.6 Å². The van der Waals surface area contributed by atoms with Gasteiger partial charge in [0.2, 0.25) is 0 Å². The molecule has 0 fully saturated rings. The number of benzene rings is 1. The Hall–Kier alpha value is -2.52. The van der Waals surface area contributed by atoms with Gasteiger partial charge in [0.15, 0.2) is 0 Å². The monoisotopic (exact) mass is 304 g/mol. The summed E-state index contributed by atoms with van der Waals surface area (Å²) in [6.45, 7) is 5.23. The molecule has 1 aromatic rings. The van der Waals surface area contributed by atoms with Crippen LogP contribution in [0.5, 0.6) is 5.75 Å². The summed E-state index contributed by atoms with van der Waals surface area (Å²) in [6, 6.07) is 6.63. The molecule has 6 nitrogen and oxygen atoms in total. The van der Waals surface area contributed by atoms with E-state index in [1.165, 1.54) is 0 Å². The van der Waals surface area contributed by atoms with Gasteiger partial charge in [-0.1, -0.05) is 11.8 Å². The highest BCUT2D eigenvalue weighted by molar-refractivity contribution is 6.04. The molecular formula is C16H20N2O4. The number of rotatable bonds is 3. The van der Waals surface area contributed by atoms with Crippen molar-refractivity contribution in [2.45, 2.75) is 26.4 Å². The van der Waals surface area contributed by atoms with E-state index in [4.69, 9.17) is 20.0 Å². The fraction of sp³-hybridized carbons (Fsp3) is 0.375. The number of carbonyl (C=O) groups excluding carboxylic acids is 1. The van der Waals surface area contributed by atoms with Gasteiger partial charge in [-0.05, 0) is 45.0 Å². The lowest BCUT2D eigenvalue weighted by Crippen LogP contribution is -2.36. The maximum absolute atomic E-state index is 11.6. The van der Waals surface area contributed by atoms with Crippen LogP contribution in [0.15, 0.2) is 24.3 Å². The highest BCUT2D eigenvalue weighted by Gasteiger charge is 2.17. The van der Waals surface area contributed by atoms with Crippen molar-refractivity contribution in [3.63, 3.8) is 0 Å². The second-order valence-electron chi connectivity index (χ2n) is 5.33. The van der Waals surface area contributed by atoms with Crippen molar-refractivity contribution in [2.75, 3.05) is 13.2 Å². The molecule has 3 N–H and O–H groups in total. The number of amidine groups is 1. The Kier molecular flexibility index (Phi) is 6.42. The fourth-order valence-corrected chi connectivity index (χ4v) is 1.42. The highest BCUT2D eigenvalue weighted by Crippen LogP contribution is 2.12. The average Bonchev–Trinajstić information content (AvgIpc) is 2.42. The van der Waals surface area contributed by atoms with Crippen molar-refractivity contribution in [3.05, 3.63) is 29.8 Å². The Labute approximate surface area is 129 Å². The second-order valence-corrected chi connectivity index (χ2v) is 5.33. The minimum Gasteiger partial charge on any atom is -0.481 e. The molecule has 0 radical (unpaired) electrons. The van der Waals surface area contributed by atoms with Gasteiger partial charge in [0.05, 0.1) is 0 Å². The lowest BCUT2D eigenvalue weighted by molar-refractivity contribution is 0.0563. The second kappa shape index (κ2) is 8.05. The number of hydrogen-bond donors (Lipinski definition) is 3. The van der Waals surface area contributed by atoms with E-state index in [1.54, 1.807) is 45.0 Å². The Balaban J connectivity index is 2.55. The third-order valence-electron chi connectivity index (χ3n) is 2.28. The molecule has 0 aliphatic carbocycles. The lowest BCUT2D eigenvalue weighted by Gasteiger charge is -2.19. The number of amides is 1. The first kappa shape index (κ1) is 17.5. The number of ether oxygens (including phenoxy) is 2. The van der Waals surface area contributed by atoms with Gasteiger partial charge in [-0.15, -0.1) is 0 Å². The lowest BCUT2D eigenvalue weighted by atomic mass is 10.2. The van der Waals surface area contributed by atoms with Crippen molar-refractivity contribution in [2.24, 2.45) is 0 Å². The van der Waals surface area contributed by atoms with Crippen molar-refractivity contribution >= 4 is 11.9 Å². The van der Waals surface area contributed by atoms with E-state index in [1.807, 2.05) is 0 Å². The Bertz CT molecular complexity index is 577. The number of aliphatic hydroxyl groups is 1. The molecule has 22 heavy (non-hydrogen) atoms. The van der Waals surface area contributed by atoms with Crippen molar-refractivity contribution < 1.29 is 19.4 Å². The first-order valence-electron chi connectivity index (χ1n) is 6.70. The van der Waals surface area contributed by atoms with Crippen LogP contribution < -0.4 is 10.1 Å². The minimum absolute atomic E-state index is 0.0547. The predicted molar refractivity (Wildman–Crippen MR) is 83.0 cm³/mol. The van der Waals surface area contributed by atoms with E-state index >= 15 is 0 Å². The summed E-state index contributed by atoms with van der Waals surface area (Å²) in [5.41, 5.74) is -0.0860.